The van der Waals surface area contributed by atoms with Crippen LogP contribution in [0.15, 0.2) is 24.3 Å². The third-order valence-electron chi connectivity index (χ3n) is 3.15. The molecule has 2 amide bonds. The maximum absolute atomic E-state index is 12.0. The predicted octanol–water partition coefficient (Wildman–Crippen LogP) is 1.81. The second-order valence-corrected chi connectivity index (χ2v) is 4.44. The number of rotatable bonds is 2. The van der Waals surface area contributed by atoms with Gasteiger partial charge in [0.1, 0.15) is 0 Å². The lowest BCUT2D eigenvalue weighted by molar-refractivity contribution is 0.222. The van der Waals surface area contributed by atoms with Crippen LogP contribution in [0.5, 0.6) is 0 Å². The van der Waals surface area contributed by atoms with Crippen LogP contribution in [0.25, 0.3) is 0 Å². The Labute approximate surface area is 102 Å². The summed E-state index contributed by atoms with van der Waals surface area (Å²) in [7, 11) is 0. The fourth-order valence-electron chi connectivity index (χ4n) is 2.12. The number of nitrogens with two attached hydrogens (primary N) is 1. The maximum Gasteiger partial charge on any atom is 0.321 e. The number of urea groups is 1. The van der Waals surface area contributed by atoms with Gasteiger partial charge in [0.15, 0.2) is 0 Å². The highest BCUT2D eigenvalue weighted by atomic mass is 16.2. The SMILES string of the molecule is CCc1ccccc1NC(=O)N1CC[C@@H](N)C1. The van der Waals surface area contributed by atoms with E-state index in [0.717, 1.165) is 30.6 Å². The Morgan fingerprint density at radius 3 is 2.94 bits per heavy atom. The van der Waals surface area contributed by atoms with E-state index >= 15 is 0 Å². The standard InChI is InChI=1S/C13H19N3O/c1-2-10-5-3-4-6-12(10)15-13(17)16-8-7-11(14)9-16/h3-6,11H,2,7-9,14H2,1H3,(H,15,17)/t11-/m1/s1. The van der Waals surface area contributed by atoms with Crippen LogP contribution in [0.4, 0.5) is 10.5 Å². The summed E-state index contributed by atoms with van der Waals surface area (Å²) in [5, 5.41) is 2.96. The summed E-state index contributed by atoms with van der Waals surface area (Å²) in [6, 6.07) is 7.98. The number of aryl methyl sites for hydroxylation is 1. The normalized spacial score (nSPS) is 19.4. The van der Waals surface area contributed by atoms with Gasteiger partial charge in [-0.25, -0.2) is 4.79 Å². The van der Waals surface area contributed by atoms with Crippen molar-refractivity contribution in [2.45, 2.75) is 25.8 Å². The molecule has 0 aliphatic carbocycles. The molecule has 1 aliphatic rings. The lowest BCUT2D eigenvalue weighted by Crippen LogP contribution is -2.35. The zero-order valence-electron chi connectivity index (χ0n) is 10.1. The molecule has 1 aromatic rings. The number of likely N-dealkylation sites (tertiary alicyclic amines) is 1. The van der Waals surface area contributed by atoms with E-state index in [0.29, 0.717) is 6.54 Å². The van der Waals surface area contributed by atoms with Crippen molar-refractivity contribution in [1.29, 1.82) is 0 Å². The largest absolute Gasteiger partial charge is 0.326 e. The minimum atomic E-state index is -0.0427. The van der Waals surface area contributed by atoms with Crippen molar-refractivity contribution in [3.8, 4) is 0 Å². The van der Waals surface area contributed by atoms with E-state index in [9.17, 15) is 4.79 Å². The van der Waals surface area contributed by atoms with Gasteiger partial charge in [0.05, 0.1) is 0 Å². The summed E-state index contributed by atoms with van der Waals surface area (Å²) in [4.78, 5) is 13.8. The van der Waals surface area contributed by atoms with E-state index < -0.39 is 0 Å². The average molecular weight is 233 g/mol. The minimum Gasteiger partial charge on any atom is -0.326 e. The Morgan fingerprint density at radius 2 is 2.29 bits per heavy atom. The van der Waals surface area contributed by atoms with E-state index in [1.807, 2.05) is 24.3 Å². The number of carbonyl (C=O) groups excluding carboxylic acids is 1. The molecule has 0 radical (unpaired) electrons. The van der Waals surface area contributed by atoms with Gasteiger partial charge in [0.25, 0.3) is 0 Å². The molecule has 0 unspecified atom stereocenters. The lowest BCUT2D eigenvalue weighted by Gasteiger charge is -2.18. The molecule has 4 heteroatoms. The van der Waals surface area contributed by atoms with Crippen molar-refractivity contribution in [2.75, 3.05) is 18.4 Å². The first-order valence-corrected chi connectivity index (χ1v) is 6.10. The monoisotopic (exact) mass is 233 g/mol. The first kappa shape index (κ1) is 11.9. The Hall–Kier alpha value is -1.55. The van der Waals surface area contributed by atoms with Crippen LogP contribution in [0, 0.1) is 0 Å². The van der Waals surface area contributed by atoms with E-state index in [1.165, 1.54) is 0 Å². The number of para-hydroxylation sites is 1. The first-order valence-electron chi connectivity index (χ1n) is 6.10. The smallest absolute Gasteiger partial charge is 0.321 e. The van der Waals surface area contributed by atoms with Gasteiger partial charge in [-0.05, 0) is 24.5 Å². The topological polar surface area (TPSA) is 58.4 Å². The third-order valence-corrected chi connectivity index (χ3v) is 3.15. The number of benzene rings is 1. The number of nitrogens with one attached hydrogen (secondary N) is 1. The van der Waals surface area contributed by atoms with Crippen LogP contribution in [0.1, 0.15) is 18.9 Å². The Morgan fingerprint density at radius 1 is 1.53 bits per heavy atom. The molecular weight excluding hydrogens is 214 g/mol. The number of amides is 2. The number of hydrogen-bond acceptors (Lipinski definition) is 2. The van der Waals surface area contributed by atoms with Gasteiger partial charge in [0, 0.05) is 24.8 Å². The van der Waals surface area contributed by atoms with E-state index in [4.69, 9.17) is 5.73 Å². The molecule has 1 fully saturated rings. The first-order chi connectivity index (χ1) is 8.20. The summed E-state index contributed by atoms with van der Waals surface area (Å²) >= 11 is 0. The van der Waals surface area contributed by atoms with Gasteiger partial charge in [-0.3, -0.25) is 0 Å². The van der Waals surface area contributed by atoms with Crippen molar-refractivity contribution < 1.29 is 4.79 Å². The summed E-state index contributed by atoms with van der Waals surface area (Å²) in [6.07, 6.45) is 1.80. The molecule has 92 valence electrons. The van der Waals surface area contributed by atoms with Gasteiger partial charge in [0.2, 0.25) is 0 Å². The molecule has 4 nitrogen and oxygen atoms in total. The van der Waals surface area contributed by atoms with Crippen LogP contribution in [-0.2, 0) is 6.42 Å². The number of carbonyl (C=O) groups is 1. The molecule has 2 rings (SSSR count). The zero-order valence-corrected chi connectivity index (χ0v) is 10.1. The predicted molar refractivity (Wildman–Crippen MR) is 69.0 cm³/mol. The molecule has 0 saturated carbocycles. The van der Waals surface area contributed by atoms with Crippen LogP contribution >= 0.6 is 0 Å². The van der Waals surface area contributed by atoms with Crippen LogP contribution in [0.3, 0.4) is 0 Å². The maximum atomic E-state index is 12.0. The highest BCUT2D eigenvalue weighted by molar-refractivity contribution is 5.90. The van der Waals surface area contributed by atoms with Gasteiger partial charge < -0.3 is 16.0 Å². The molecule has 0 aromatic heterocycles. The summed E-state index contributed by atoms with van der Waals surface area (Å²) < 4.78 is 0. The number of anilines is 1. The van der Waals surface area contributed by atoms with Crippen LogP contribution in [-0.4, -0.2) is 30.1 Å². The second kappa shape index (κ2) is 5.19. The van der Waals surface area contributed by atoms with Gasteiger partial charge >= 0.3 is 6.03 Å². The molecule has 17 heavy (non-hydrogen) atoms. The number of nitrogens with zero attached hydrogens (tertiary/aromatic N) is 1. The molecule has 1 aromatic carbocycles. The average Bonchev–Trinajstić information content (AvgIpc) is 2.77. The van der Waals surface area contributed by atoms with E-state index in [1.54, 1.807) is 4.90 Å². The van der Waals surface area contributed by atoms with Crippen molar-refractivity contribution in [1.82, 2.24) is 4.90 Å². The molecular formula is C13H19N3O. The molecule has 1 heterocycles. The summed E-state index contributed by atoms with van der Waals surface area (Å²) in [5.74, 6) is 0. The highest BCUT2D eigenvalue weighted by Gasteiger charge is 2.23. The zero-order chi connectivity index (χ0) is 12.3. The number of hydrogen-bond donors (Lipinski definition) is 2. The molecule has 0 bridgehead atoms. The lowest BCUT2D eigenvalue weighted by atomic mass is 10.1. The van der Waals surface area contributed by atoms with E-state index in [-0.39, 0.29) is 12.1 Å². The summed E-state index contributed by atoms with van der Waals surface area (Å²) in [6.45, 7) is 3.48. The van der Waals surface area contributed by atoms with Crippen molar-refractivity contribution in [3.05, 3.63) is 29.8 Å². The van der Waals surface area contributed by atoms with Crippen molar-refractivity contribution >= 4 is 11.7 Å². The van der Waals surface area contributed by atoms with Gasteiger partial charge in [-0.15, -0.1) is 0 Å². The second-order valence-electron chi connectivity index (χ2n) is 4.44. The molecule has 0 spiro atoms. The fourth-order valence-corrected chi connectivity index (χ4v) is 2.12. The van der Waals surface area contributed by atoms with Gasteiger partial charge in [-0.2, -0.15) is 0 Å². The molecule has 3 N–H and O–H groups in total. The molecule has 1 saturated heterocycles. The highest BCUT2D eigenvalue weighted by Crippen LogP contribution is 2.17. The molecule has 1 aliphatic heterocycles. The van der Waals surface area contributed by atoms with Gasteiger partial charge in [-0.1, -0.05) is 25.1 Å². The third kappa shape index (κ3) is 2.77. The van der Waals surface area contributed by atoms with Crippen molar-refractivity contribution in [3.63, 3.8) is 0 Å². The van der Waals surface area contributed by atoms with Crippen molar-refractivity contribution in [2.24, 2.45) is 5.73 Å². The Balaban J connectivity index is 2.03. The van der Waals surface area contributed by atoms with Crippen LogP contribution < -0.4 is 11.1 Å². The van der Waals surface area contributed by atoms with E-state index in [2.05, 4.69) is 12.2 Å². The minimum absolute atomic E-state index is 0.0427. The Kier molecular flexibility index (Phi) is 3.64. The molecule has 1 atom stereocenters. The summed E-state index contributed by atoms with van der Waals surface area (Å²) in [5.41, 5.74) is 7.85. The fraction of sp³-hybridized carbons (Fsp3) is 0.462. The Bertz CT molecular complexity index is 405. The van der Waals surface area contributed by atoms with Crippen LogP contribution in [0.2, 0.25) is 0 Å². The quantitative estimate of drug-likeness (QED) is 0.818.